The zero-order valence-electron chi connectivity index (χ0n) is 12.6. The van der Waals surface area contributed by atoms with Crippen LogP contribution in [0.2, 0.25) is 0 Å². The van der Waals surface area contributed by atoms with Crippen LogP contribution in [-0.4, -0.2) is 35.3 Å². The van der Waals surface area contributed by atoms with Crippen molar-refractivity contribution in [1.29, 1.82) is 0 Å². The van der Waals surface area contributed by atoms with E-state index in [2.05, 4.69) is 24.5 Å². The maximum Gasteiger partial charge on any atom is 0.319 e. The third-order valence-corrected chi connectivity index (χ3v) is 3.81. The first-order valence-electron chi connectivity index (χ1n) is 6.70. The highest BCUT2D eigenvalue weighted by Crippen LogP contribution is 2.18. The SMILES string of the molecule is CSCC(C)(O)CNC(=O)Nc1cccc(C(C)C)c1. The van der Waals surface area contributed by atoms with E-state index in [0.717, 1.165) is 5.69 Å². The summed E-state index contributed by atoms with van der Waals surface area (Å²) < 4.78 is 0. The number of benzene rings is 1. The van der Waals surface area contributed by atoms with E-state index in [4.69, 9.17) is 0 Å². The lowest BCUT2D eigenvalue weighted by Gasteiger charge is -2.22. The van der Waals surface area contributed by atoms with E-state index in [-0.39, 0.29) is 12.6 Å². The van der Waals surface area contributed by atoms with Gasteiger partial charge in [-0.25, -0.2) is 4.79 Å². The minimum atomic E-state index is -0.892. The Bertz CT molecular complexity index is 447. The zero-order chi connectivity index (χ0) is 15.2. The number of hydrogen-bond acceptors (Lipinski definition) is 3. The number of nitrogens with one attached hydrogen (secondary N) is 2. The summed E-state index contributed by atoms with van der Waals surface area (Å²) in [6, 6.07) is 7.48. The number of urea groups is 1. The van der Waals surface area contributed by atoms with Crippen LogP contribution in [-0.2, 0) is 0 Å². The molecular weight excluding hydrogens is 272 g/mol. The van der Waals surface area contributed by atoms with Gasteiger partial charge in [-0.05, 0) is 36.8 Å². The van der Waals surface area contributed by atoms with E-state index in [1.54, 1.807) is 18.7 Å². The van der Waals surface area contributed by atoms with Gasteiger partial charge in [-0.15, -0.1) is 0 Å². The van der Waals surface area contributed by atoms with Gasteiger partial charge in [-0.3, -0.25) is 0 Å². The van der Waals surface area contributed by atoms with Gasteiger partial charge in [0.15, 0.2) is 0 Å². The number of hydrogen-bond donors (Lipinski definition) is 3. The minimum absolute atomic E-state index is 0.226. The second-order valence-corrected chi connectivity index (χ2v) is 6.38. The quantitative estimate of drug-likeness (QED) is 0.756. The highest BCUT2D eigenvalue weighted by Gasteiger charge is 2.20. The van der Waals surface area contributed by atoms with Crippen LogP contribution < -0.4 is 10.6 Å². The van der Waals surface area contributed by atoms with Gasteiger partial charge in [0.2, 0.25) is 0 Å². The lowest BCUT2D eigenvalue weighted by molar-refractivity contribution is 0.0876. The summed E-state index contributed by atoms with van der Waals surface area (Å²) in [6.07, 6.45) is 1.92. The highest BCUT2D eigenvalue weighted by molar-refractivity contribution is 7.98. The average Bonchev–Trinajstić information content (AvgIpc) is 2.37. The van der Waals surface area contributed by atoms with Crippen molar-refractivity contribution in [1.82, 2.24) is 5.32 Å². The van der Waals surface area contributed by atoms with Crippen LogP contribution in [0.15, 0.2) is 24.3 Å². The fraction of sp³-hybridized carbons (Fsp3) is 0.533. The molecule has 0 spiro atoms. The molecule has 2 amide bonds. The van der Waals surface area contributed by atoms with Crippen molar-refractivity contribution in [2.45, 2.75) is 32.3 Å². The van der Waals surface area contributed by atoms with Gasteiger partial charge in [-0.1, -0.05) is 26.0 Å². The topological polar surface area (TPSA) is 61.4 Å². The Morgan fingerprint density at radius 2 is 2.15 bits per heavy atom. The molecule has 0 aliphatic carbocycles. The first-order valence-corrected chi connectivity index (χ1v) is 8.09. The van der Waals surface area contributed by atoms with Gasteiger partial charge in [0.05, 0.1) is 5.60 Å². The summed E-state index contributed by atoms with van der Waals surface area (Å²) in [5.74, 6) is 0.998. The third kappa shape index (κ3) is 5.84. The molecule has 1 rings (SSSR count). The molecule has 0 radical (unpaired) electrons. The molecule has 1 aromatic rings. The molecule has 4 nitrogen and oxygen atoms in total. The predicted molar refractivity (Wildman–Crippen MR) is 86.6 cm³/mol. The van der Waals surface area contributed by atoms with Crippen molar-refractivity contribution in [2.75, 3.05) is 23.9 Å². The van der Waals surface area contributed by atoms with Gasteiger partial charge in [-0.2, -0.15) is 11.8 Å². The van der Waals surface area contributed by atoms with Crippen molar-refractivity contribution < 1.29 is 9.90 Å². The van der Waals surface area contributed by atoms with Crippen molar-refractivity contribution in [2.24, 2.45) is 0 Å². The molecule has 0 fully saturated rings. The lowest BCUT2D eigenvalue weighted by atomic mass is 10.0. The second kappa shape index (κ2) is 7.55. The largest absolute Gasteiger partial charge is 0.387 e. The molecule has 1 aromatic carbocycles. The third-order valence-electron chi connectivity index (χ3n) is 2.90. The number of rotatable bonds is 6. The number of amides is 2. The van der Waals surface area contributed by atoms with Crippen LogP contribution in [0.5, 0.6) is 0 Å². The van der Waals surface area contributed by atoms with E-state index < -0.39 is 5.60 Å². The molecule has 112 valence electrons. The lowest BCUT2D eigenvalue weighted by Crippen LogP contribution is -2.43. The fourth-order valence-electron chi connectivity index (χ4n) is 1.78. The number of anilines is 1. The van der Waals surface area contributed by atoms with Crippen molar-refractivity contribution in [3.63, 3.8) is 0 Å². The summed E-state index contributed by atoms with van der Waals surface area (Å²) in [6.45, 7) is 6.16. The second-order valence-electron chi connectivity index (χ2n) is 5.52. The van der Waals surface area contributed by atoms with E-state index in [1.807, 2.05) is 30.5 Å². The summed E-state index contributed by atoms with van der Waals surface area (Å²) in [7, 11) is 0. The van der Waals surface area contributed by atoms with Gasteiger partial charge >= 0.3 is 6.03 Å². The van der Waals surface area contributed by atoms with E-state index in [1.165, 1.54) is 5.56 Å². The monoisotopic (exact) mass is 296 g/mol. The van der Waals surface area contributed by atoms with Gasteiger partial charge in [0.1, 0.15) is 0 Å². The Morgan fingerprint density at radius 3 is 2.75 bits per heavy atom. The Hall–Kier alpha value is -1.20. The summed E-state index contributed by atoms with van der Waals surface area (Å²) >= 11 is 1.55. The molecule has 0 aliphatic rings. The van der Waals surface area contributed by atoms with Crippen molar-refractivity contribution in [3.05, 3.63) is 29.8 Å². The van der Waals surface area contributed by atoms with Crippen LogP contribution >= 0.6 is 11.8 Å². The molecule has 5 heteroatoms. The van der Waals surface area contributed by atoms with Gasteiger partial charge in [0, 0.05) is 18.0 Å². The Balaban J connectivity index is 2.52. The van der Waals surface area contributed by atoms with E-state index in [0.29, 0.717) is 11.7 Å². The number of carbonyl (C=O) groups excluding carboxylic acids is 1. The summed E-state index contributed by atoms with van der Waals surface area (Å²) in [5, 5.41) is 15.5. The van der Waals surface area contributed by atoms with Crippen LogP contribution in [0.25, 0.3) is 0 Å². The molecule has 0 saturated heterocycles. The first kappa shape index (κ1) is 16.9. The van der Waals surface area contributed by atoms with Crippen molar-refractivity contribution >= 4 is 23.5 Å². The molecule has 20 heavy (non-hydrogen) atoms. The maximum atomic E-state index is 11.8. The van der Waals surface area contributed by atoms with Crippen molar-refractivity contribution in [3.8, 4) is 0 Å². The smallest absolute Gasteiger partial charge is 0.319 e. The average molecular weight is 296 g/mol. The minimum Gasteiger partial charge on any atom is -0.387 e. The van der Waals surface area contributed by atoms with Crippen LogP contribution in [0.4, 0.5) is 10.5 Å². The number of thioether (sulfide) groups is 1. The maximum absolute atomic E-state index is 11.8. The Morgan fingerprint density at radius 1 is 1.45 bits per heavy atom. The van der Waals surface area contributed by atoms with E-state index in [9.17, 15) is 9.90 Å². The number of carbonyl (C=O) groups is 1. The van der Waals surface area contributed by atoms with Crippen LogP contribution in [0.1, 0.15) is 32.3 Å². The molecule has 1 unspecified atom stereocenters. The summed E-state index contributed by atoms with van der Waals surface area (Å²) in [4.78, 5) is 11.8. The summed E-state index contributed by atoms with van der Waals surface area (Å²) in [5.41, 5.74) is 1.05. The predicted octanol–water partition coefficient (Wildman–Crippen LogP) is 3.05. The standard InChI is InChI=1S/C15H24N2O2S/c1-11(2)12-6-5-7-13(8-12)17-14(18)16-9-15(3,19)10-20-4/h5-8,11,19H,9-10H2,1-4H3,(H2,16,17,18). The fourth-order valence-corrected chi connectivity index (χ4v) is 2.51. The molecule has 3 N–H and O–H groups in total. The highest BCUT2D eigenvalue weighted by atomic mass is 32.2. The molecule has 1 atom stereocenters. The first-order chi connectivity index (χ1) is 9.34. The Labute approximate surface area is 125 Å². The normalized spacial score (nSPS) is 13.9. The Kier molecular flexibility index (Phi) is 6.36. The van der Waals surface area contributed by atoms with E-state index >= 15 is 0 Å². The molecule has 0 saturated carbocycles. The van der Waals surface area contributed by atoms with Crippen LogP contribution in [0, 0.1) is 0 Å². The molecule has 0 aliphatic heterocycles. The molecule has 0 aromatic heterocycles. The molecule has 0 bridgehead atoms. The van der Waals surface area contributed by atoms with Crippen LogP contribution in [0.3, 0.4) is 0 Å². The molecular formula is C15H24N2O2S. The van der Waals surface area contributed by atoms with Gasteiger partial charge in [0.25, 0.3) is 0 Å². The number of aliphatic hydroxyl groups is 1. The zero-order valence-corrected chi connectivity index (χ0v) is 13.4. The van der Waals surface area contributed by atoms with Gasteiger partial charge < -0.3 is 15.7 Å². The molecule has 0 heterocycles.